The molecule has 0 aliphatic carbocycles. The second kappa shape index (κ2) is 7.04. The van der Waals surface area contributed by atoms with E-state index >= 15 is 0 Å². The van der Waals surface area contributed by atoms with Gasteiger partial charge in [-0.3, -0.25) is 0 Å². The molecule has 0 unspecified atom stereocenters. The number of furan rings is 1. The highest BCUT2D eigenvalue weighted by atomic mass is 16.5. The van der Waals surface area contributed by atoms with Crippen LogP contribution < -0.4 is 19.5 Å². The summed E-state index contributed by atoms with van der Waals surface area (Å²) in [5.41, 5.74) is 1.13. The summed E-state index contributed by atoms with van der Waals surface area (Å²) in [6.07, 6.45) is 0. The van der Waals surface area contributed by atoms with E-state index in [-0.39, 0.29) is 0 Å². The molecule has 21 heavy (non-hydrogen) atoms. The topological polar surface area (TPSA) is 52.9 Å². The molecule has 1 N–H and O–H groups in total. The van der Waals surface area contributed by atoms with Crippen molar-refractivity contribution in [2.24, 2.45) is 0 Å². The van der Waals surface area contributed by atoms with Crippen LogP contribution in [-0.4, -0.2) is 21.3 Å². The van der Waals surface area contributed by atoms with Crippen LogP contribution >= 0.6 is 0 Å². The Morgan fingerprint density at radius 3 is 2.38 bits per heavy atom. The lowest BCUT2D eigenvalue weighted by atomic mass is 10.2. The molecule has 0 saturated heterocycles. The molecular formula is C16H21NO4. The van der Waals surface area contributed by atoms with Gasteiger partial charge in [-0.05, 0) is 32.2 Å². The first-order chi connectivity index (χ1) is 10.2. The van der Waals surface area contributed by atoms with Crippen molar-refractivity contribution in [3.05, 3.63) is 41.3 Å². The van der Waals surface area contributed by atoms with E-state index in [1.807, 2.05) is 38.2 Å². The fraction of sp³-hybridized carbons (Fsp3) is 0.375. The van der Waals surface area contributed by atoms with Gasteiger partial charge in [-0.25, -0.2) is 0 Å². The van der Waals surface area contributed by atoms with Gasteiger partial charge in [0.1, 0.15) is 18.1 Å². The average Bonchev–Trinajstić information content (AvgIpc) is 2.85. The molecule has 0 aliphatic rings. The molecule has 2 rings (SSSR count). The Hall–Kier alpha value is -2.14. The maximum atomic E-state index is 5.82. The number of methoxy groups -OCH3 is 2. The number of hydrogen-bond acceptors (Lipinski definition) is 5. The summed E-state index contributed by atoms with van der Waals surface area (Å²) in [6, 6.07) is 7.51. The molecule has 1 aromatic carbocycles. The summed E-state index contributed by atoms with van der Waals surface area (Å²) < 4.78 is 22.1. The van der Waals surface area contributed by atoms with Gasteiger partial charge in [-0.1, -0.05) is 6.07 Å². The number of nitrogens with one attached hydrogen (secondary N) is 1. The molecule has 5 heteroatoms. The molecule has 0 spiro atoms. The molecule has 0 aliphatic heterocycles. The van der Waals surface area contributed by atoms with Gasteiger partial charge in [0.15, 0.2) is 11.5 Å². The zero-order chi connectivity index (χ0) is 15.2. The number of ether oxygens (including phenoxy) is 3. The monoisotopic (exact) mass is 291 g/mol. The number of hydrogen-bond donors (Lipinski definition) is 1. The van der Waals surface area contributed by atoms with Gasteiger partial charge in [-0.2, -0.15) is 0 Å². The maximum Gasteiger partial charge on any atom is 0.203 e. The molecule has 1 aromatic heterocycles. The van der Waals surface area contributed by atoms with Crippen molar-refractivity contribution in [1.29, 1.82) is 0 Å². The molecule has 5 nitrogen and oxygen atoms in total. The highest BCUT2D eigenvalue weighted by Gasteiger charge is 2.13. The van der Waals surface area contributed by atoms with Crippen molar-refractivity contribution >= 4 is 0 Å². The SMILES string of the molecule is CNCc1cc(COc2c(OC)cccc2OC)oc1C. The smallest absolute Gasteiger partial charge is 0.203 e. The van der Waals surface area contributed by atoms with Crippen LogP contribution in [0.25, 0.3) is 0 Å². The van der Waals surface area contributed by atoms with E-state index < -0.39 is 0 Å². The Morgan fingerprint density at radius 2 is 1.81 bits per heavy atom. The van der Waals surface area contributed by atoms with Gasteiger partial charge in [0, 0.05) is 12.1 Å². The van der Waals surface area contributed by atoms with Gasteiger partial charge < -0.3 is 23.9 Å². The first kappa shape index (κ1) is 15.3. The van der Waals surface area contributed by atoms with Crippen molar-refractivity contribution in [3.63, 3.8) is 0 Å². The Labute approximate surface area is 124 Å². The summed E-state index contributed by atoms with van der Waals surface area (Å²) >= 11 is 0. The average molecular weight is 291 g/mol. The van der Waals surface area contributed by atoms with E-state index in [4.69, 9.17) is 18.6 Å². The first-order valence-corrected chi connectivity index (χ1v) is 6.76. The second-order valence-electron chi connectivity index (χ2n) is 4.60. The predicted octanol–water partition coefficient (Wildman–Crippen LogP) is 2.90. The highest BCUT2D eigenvalue weighted by Crippen LogP contribution is 2.37. The van der Waals surface area contributed by atoms with Crippen molar-refractivity contribution in [3.8, 4) is 17.2 Å². The number of para-hydroxylation sites is 1. The Kier molecular flexibility index (Phi) is 5.11. The van der Waals surface area contributed by atoms with E-state index in [2.05, 4.69) is 5.32 Å². The van der Waals surface area contributed by atoms with Crippen molar-refractivity contribution in [2.45, 2.75) is 20.1 Å². The Morgan fingerprint density at radius 1 is 1.14 bits per heavy atom. The van der Waals surface area contributed by atoms with Gasteiger partial charge in [0.25, 0.3) is 0 Å². The lowest BCUT2D eigenvalue weighted by Crippen LogP contribution is -2.04. The molecular weight excluding hydrogens is 270 g/mol. The summed E-state index contributed by atoms with van der Waals surface area (Å²) in [4.78, 5) is 0. The van der Waals surface area contributed by atoms with Crippen LogP contribution in [0.1, 0.15) is 17.1 Å². The van der Waals surface area contributed by atoms with Crippen LogP contribution in [0.3, 0.4) is 0 Å². The van der Waals surface area contributed by atoms with Gasteiger partial charge in [0.2, 0.25) is 5.75 Å². The van der Waals surface area contributed by atoms with Crippen molar-refractivity contribution in [1.82, 2.24) is 5.32 Å². The first-order valence-electron chi connectivity index (χ1n) is 6.76. The van der Waals surface area contributed by atoms with E-state index in [1.165, 1.54) is 0 Å². The number of rotatable bonds is 7. The Bertz CT molecular complexity index is 570. The lowest BCUT2D eigenvalue weighted by molar-refractivity contribution is 0.241. The number of benzene rings is 1. The fourth-order valence-corrected chi connectivity index (χ4v) is 2.13. The van der Waals surface area contributed by atoms with Gasteiger partial charge in [-0.15, -0.1) is 0 Å². The molecule has 114 valence electrons. The predicted molar refractivity (Wildman–Crippen MR) is 80.1 cm³/mol. The minimum absolute atomic E-state index is 0.321. The zero-order valence-electron chi connectivity index (χ0n) is 12.9. The Balaban J connectivity index is 2.14. The second-order valence-corrected chi connectivity index (χ2v) is 4.60. The third-order valence-electron chi connectivity index (χ3n) is 3.18. The van der Waals surface area contributed by atoms with Crippen LogP contribution in [0.15, 0.2) is 28.7 Å². The summed E-state index contributed by atoms with van der Waals surface area (Å²) in [5, 5.41) is 3.11. The third-order valence-corrected chi connectivity index (χ3v) is 3.18. The van der Waals surface area contributed by atoms with Crippen LogP contribution in [0.5, 0.6) is 17.2 Å². The highest BCUT2D eigenvalue weighted by molar-refractivity contribution is 5.51. The molecule has 0 amide bonds. The summed E-state index contributed by atoms with van der Waals surface area (Å²) in [7, 11) is 5.11. The van der Waals surface area contributed by atoms with Crippen molar-refractivity contribution < 1.29 is 18.6 Å². The van der Waals surface area contributed by atoms with E-state index in [1.54, 1.807) is 14.2 Å². The molecule has 0 radical (unpaired) electrons. The van der Waals surface area contributed by atoms with E-state index in [9.17, 15) is 0 Å². The summed E-state index contributed by atoms with van der Waals surface area (Å²) in [6.45, 7) is 3.04. The molecule has 0 atom stereocenters. The van der Waals surface area contributed by atoms with Crippen LogP contribution in [0, 0.1) is 6.92 Å². The lowest BCUT2D eigenvalue weighted by Gasteiger charge is -2.13. The fourth-order valence-electron chi connectivity index (χ4n) is 2.13. The van der Waals surface area contributed by atoms with Gasteiger partial charge in [0.05, 0.1) is 14.2 Å². The number of aryl methyl sites for hydroxylation is 1. The third kappa shape index (κ3) is 3.49. The largest absolute Gasteiger partial charge is 0.493 e. The van der Waals surface area contributed by atoms with E-state index in [0.717, 1.165) is 23.6 Å². The molecule has 2 aromatic rings. The minimum atomic E-state index is 0.321. The molecule has 0 fully saturated rings. The molecule has 1 heterocycles. The van der Waals surface area contributed by atoms with Crippen molar-refractivity contribution in [2.75, 3.05) is 21.3 Å². The van der Waals surface area contributed by atoms with Crippen LogP contribution in [-0.2, 0) is 13.2 Å². The minimum Gasteiger partial charge on any atom is -0.493 e. The van der Waals surface area contributed by atoms with Crippen LogP contribution in [0.2, 0.25) is 0 Å². The summed E-state index contributed by atoms with van der Waals surface area (Å²) in [5.74, 6) is 3.51. The van der Waals surface area contributed by atoms with Crippen LogP contribution in [0.4, 0.5) is 0 Å². The standard InChI is InChI=1S/C16H21NO4/c1-11-12(9-17-2)8-13(21-11)10-20-16-14(18-3)6-5-7-15(16)19-4/h5-8,17H,9-10H2,1-4H3. The van der Waals surface area contributed by atoms with E-state index in [0.29, 0.717) is 23.9 Å². The molecule has 0 bridgehead atoms. The quantitative estimate of drug-likeness (QED) is 0.850. The zero-order valence-corrected chi connectivity index (χ0v) is 12.9. The van der Waals surface area contributed by atoms with Gasteiger partial charge >= 0.3 is 0 Å². The normalized spacial score (nSPS) is 10.5. The maximum absolute atomic E-state index is 5.82. The molecule has 0 saturated carbocycles.